The largest absolute Gasteiger partial charge is 1.00 e. The molecule has 1 N–H and O–H groups in total. The summed E-state index contributed by atoms with van der Waals surface area (Å²) in [6, 6.07) is 9.29. The molecule has 0 heterocycles. The van der Waals surface area contributed by atoms with Crippen molar-refractivity contribution < 1.29 is 22.0 Å². The van der Waals surface area contributed by atoms with E-state index in [9.17, 15) is 0 Å². The summed E-state index contributed by atoms with van der Waals surface area (Å²) in [5.41, 5.74) is 1.44. The Balaban J connectivity index is 0.00000324. The topological polar surface area (TPSA) is 13.7 Å². The van der Waals surface area contributed by atoms with Crippen molar-refractivity contribution >= 4 is 0 Å². The Hall–Kier alpha value is -0.730. The second-order valence-electron chi connectivity index (χ2n) is 4.71. The molecule has 1 aromatic rings. The molecule has 0 saturated heterocycles. The molecule has 0 aliphatic rings. The van der Waals surface area contributed by atoms with Gasteiger partial charge in [-0.1, -0.05) is 13.3 Å². The molecule has 0 saturated carbocycles. The monoisotopic (exact) mass is 285 g/mol. The number of ether oxygens (including phenoxy) is 1. The zero-order chi connectivity index (χ0) is 13.4. The first kappa shape index (κ1) is 18.3. The third-order valence-corrected chi connectivity index (χ3v) is 3.57. The lowest BCUT2D eigenvalue weighted by Gasteiger charge is -2.27. The maximum absolute atomic E-state index is 5.51. The van der Waals surface area contributed by atoms with Crippen molar-refractivity contribution in [1.82, 2.24) is 0 Å². The molecule has 0 aliphatic carbocycles. The van der Waals surface area contributed by atoms with Gasteiger partial charge in [-0.05, 0) is 45.0 Å². The van der Waals surface area contributed by atoms with Crippen LogP contribution in [0.25, 0.3) is 0 Å². The van der Waals surface area contributed by atoms with E-state index in [1.54, 1.807) is 4.90 Å². The summed E-state index contributed by atoms with van der Waals surface area (Å²) in [6.07, 6.45) is 2.49. The van der Waals surface area contributed by atoms with Crippen molar-refractivity contribution in [3.8, 4) is 5.75 Å². The third-order valence-electron chi connectivity index (χ3n) is 3.57. The van der Waals surface area contributed by atoms with Gasteiger partial charge in [0.25, 0.3) is 0 Å². The zero-order valence-electron chi connectivity index (χ0n) is 12.7. The molecule has 0 bridgehead atoms. The minimum atomic E-state index is 0. The van der Waals surface area contributed by atoms with E-state index in [0.717, 1.165) is 12.4 Å². The average molecular weight is 286 g/mol. The molecule has 3 heteroatoms. The molecule has 2 nitrogen and oxygen atoms in total. The number of nitrogens with one attached hydrogen (secondary N) is 1. The summed E-state index contributed by atoms with van der Waals surface area (Å²) in [7, 11) is 0. The van der Waals surface area contributed by atoms with Gasteiger partial charge in [-0.2, -0.15) is 0 Å². The SMILES string of the molecule is CCCC(c1ccc(OCC)cc1)[NH+](CC)CC.[Cl-]. The van der Waals surface area contributed by atoms with E-state index in [-0.39, 0.29) is 12.4 Å². The van der Waals surface area contributed by atoms with Gasteiger partial charge in [0.1, 0.15) is 11.8 Å². The molecule has 1 rings (SSSR count). The van der Waals surface area contributed by atoms with Crippen molar-refractivity contribution in [3.63, 3.8) is 0 Å². The Morgan fingerprint density at radius 1 is 1.00 bits per heavy atom. The quantitative estimate of drug-likeness (QED) is 0.702. The highest BCUT2D eigenvalue weighted by molar-refractivity contribution is 5.28. The lowest BCUT2D eigenvalue weighted by molar-refractivity contribution is -0.928. The number of rotatable bonds is 8. The van der Waals surface area contributed by atoms with Gasteiger partial charge in [0, 0.05) is 12.0 Å². The van der Waals surface area contributed by atoms with Crippen molar-refractivity contribution in [2.75, 3.05) is 19.7 Å². The van der Waals surface area contributed by atoms with E-state index >= 15 is 0 Å². The molecule has 1 aromatic carbocycles. The van der Waals surface area contributed by atoms with E-state index < -0.39 is 0 Å². The predicted octanol–water partition coefficient (Wildman–Crippen LogP) is -0.145. The van der Waals surface area contributed by atoms with E-state index in [4.69, 9.17) is 4.74 Å². The molecule has 110 valence electrons. The Morgan fingerprint density at radius 3 is 2.00 bits per heavy atom. The number of hydrogen-bond donors (Lipinski definition) is 1. The molecule has 0 aromatic heterocycles. The van der Waals surface area contributed by atoms with Gasteiger partial charge < -0.3 is 22.0 Å². The summed E-state index contributed by atoms with van der Waals surface area (Å²) in [5, 5.41) is 0. The van der Waals surface area contributed by atoms with Crippen LogP contribution in [0.2, 0.25) is 0 Å². The third kappa shape index (κ3) is 5.42. The Kier molecular flexibility index (Phi) is 9.72. The van der Waals surface area contributed by atoms with Crippen LogP contribution in [-0.4, -0.2) is 19.7 Å². The lowest BCUT2D eigenvalue weighted by Crippen LogP contribution is -3.11. The van der Waals surface area contributed by atoms with Crippen LogP contribution in [0.3, 0.4) is 0 Å². The smallest absolute Gasteiger partial charge is 0.119 e. The summed E-state index contributed by atoms with van der Waals surface area (Å²) in [6.45, 7) is 12.0. The van der Waals surface area contributed by atoms with Crippen LogP contribution >= 0.6 is 0 Å². The van der Waals surface area contributed by atoms with Crippen molar-refractivity contribution in [3.05, 3.63) is 29.8 Å². The first-order valence-electron chi connectivity index (χ1n) is 7.34. The van der Waals surface area contributed by atoms with Crippen molar-refractivity contribution in [2.24, 2.45) is 0 Å². The van der Waals surface area contributed by atoms with E-state index in [1.807, 2.05) is 6.92 Å². The van der Waals surface area contributed by atoms with Crippen LogP contribution in [0.1, 0.15) is 52.1 Å². The highest BCUT2D eigenvalue weighted by atomic mass is 35.5. The standard InChI is InChI=1S/C16H27NO.ClH/c1-5-9-16(17(6-2)7-3)14-10-12-15(13-11-14)18-8-4;/h10-13,16H,5-9H2,1-4H3;1H. The fourth-order valence-corrected chi connectivity index (χ4v) is 2.60. The maximum atomic E-state index is 5.51. The van der Waals surface area contributed by atoms with Gasteiger partial charge in [-0.25, -0.2) is 0 Å². The van der Waals surface area contributed by atoms with Crippen LogP contribution in [-0.2, 0) is 0 Å². The van der Waals surface area contributed by atoms with E-state index in [2.05, 4.69) is 45.0 Å². The van der Waals surface area contributed by atoms with Crippen molar-refractivity contribution in [2.45, 2.75) is 46.6 Å². The molecule has 0 fully saturated rings. The molecule has 1 unspecified atom stereocenters. The van der Waals surface area contributed by atoms with Gasteiger partial charge in [-0.3, -0.25) is 0 Å². The number of hydrogen-bond acceptors (Lipinski definition) is 1. The summed E-state index contributed by atoms with van der Waals surface area (Å²) < 4.78 is 5.51. The van der Waals surface area contributed by atoms with Gasteiger partial charge in [0.2, 0.25) is 0 Å². The number of quaternary nitrogens is 1. The molecule has 1 atom stereocenters. The van der Waals surface area contributed by atoms with Crippen molar-refractivity contribution in [1.29, 1.82) is 0 Å². The van der Waals surface area contributed by atoms with Crippen LogP contribution in [0.15, 0.2) is 24.3 Å². The fourth-order valence-electron chi connectivity index (χ4n) is 2.60. The minimum Gasteiger partial charge on any atom is -1.00 e. The molecule has 0 radical (unpaired) electrons. The molecular formula is C16H28ClNO. The Labute approximate surface area is 124 Å². The Morgan fingerprint density at radius 2 is 1.58 bits per heavy atom. The minimum absolute atomic E-state index is 0. The average Bonchev–Trinajstić information content (AvgIpc) is 2.40. The lowest BCUT2D eigenvalue weighted by atomic mass is 10.0. The van der Waals surface area contributed by atoms with Crippen LogP contribution in [0.4, 0.5) is 0 Å². The van der Waals surface area contributed by atoms with Crippen LogP contribution in [0, 0.1) is 0 Å². The predicted molar refractivity (Wildman–Crippen MR) is 77.3 cm³/mol. The molecule has 0 aliphatic heterocycles. The molecule has 19 heavy (non-hydrogen) atoms. The number of benzene rings is 1. The van der Waals surface area contributed by atoms with Gasteiger partial charge in [0.15, 0.2) is 0 Å². The Bertz CT molecular complexity index is 322. The van der Waals surface area contributed by atoms with Gasteiger partial charge in [-0.15, -0.1) is 0 Å². The summed E-state index contributed by atoms with van der Waals surface area (Å²) in [4.78, 5) is 1.67. The second kappa shape index (κ2) is 10.1. The first-order chi connectivity index (χ1) is 8.76. The zero-order valence-corrected chi connectivity index (χ0v) is 13.5. The summed E-state index contributed by atoms with van der Waals surface area (Å²) >= 11 is 0. The molecule has 0 amide bonds. The van der Waals surface area contributed by atoms with Crippen LogP contribution < -0.4 is 22.0 Å². The van der Waals surface area contributed by atoms with Gasteiger partial charge >= 0.3 is 0 Å². The first-order valence-corrected chi connectivity index (χ1v) is 7.34. The number of halogens is 1. The van der Waals surface area contributed by atoms with E-state index in [1.165, 1.54) is 31.5 Å². The summed E-state index contributed by atoms with van der Waals surface area (Å²) in [5.74, 6) is 0.978. The van der Waals surface area contributed by atoms with Gasteiger partial charge in [0.05, 0.1) is 19.7 Å². The highest BCUT2D eigenvalue weighted by Crippen LogP contribution is 2.19. The van der Waals surface area contributed by atoms with Crippen LogP contribution in [0.5, 0.6) is 5.75 Å². The molecular weight excluding hydrogens is 258 g/mol. The van der Waals surface area contributed by atoms with E-state index in [0.29, 0.717) is 6.04 Å². The fraction of sp³-hybridized carbons (Fsp3) is 0.625. The maximum Gasteiger partial charge on any atom is 0.119 e. The second-order valence-corrected chi connectivity index (χ2v) is 4.71. The molecule has 0 spiro atoms. The highest BCUT2D eigenvalue weighted by Gasteiger charge is 2.20. The normalized spacial score (nSPS) is 12.1.